The van der Waals surface area contributed by atoms with Crippen molar-refractivity contribution in [1.29, 1.82) is 0 Å². The van der Waals surface area contributed by atoms with Gasteiger partial charge >= 0.3 is 29.3 Å². The molecule has 7 heterocycles. The molecule has 23 rings (SSSR count). The van der Waals surface area contributed by atoms with Crippen LogP contribution < -0.4 is 39.0 Å². The standard InChI is InChI=1S/C30H32N2O4.C28H28N2O3.C16H20N2O3.C13H11ClO2.C13H12O3.C13H10O2.C4H8O.Al.3ClH/c1-3-22(33)18-30(35)23-9-4-5-10-24(23)32(29(30)34)21-13-15-31(16-14-21)25-17-20-8-6-7-19-11-12-26(36-2)28(25)27(19)20;1-33-26(31)17-23-21-9-2-3-11-24(21)30(28(23)32)20-12-14-29(15-13-20)25-16-19-8-4-6-18-7-5-10-22(25)27(18)19;1-21-15(19)10-13-12-4-2-3-5-14(12)18(16(13)20)11-6-8-17-9-7-11;2*1-16-11-6-5-9-3-2-4-10(7-13(14)15)12(9)8-11;1-15-11-6-5-8-3-2-4-9-7-10(14)13(11)12(8)9;1-2-4-5-3-1;;;;/h4-12,21,25,35H,3,13-18H2,1-2H3;2-11,20,23,25H,12-17H2,1H3;2-5,11,13,17H,6-10H2,1H3;2-6,8H,7H2,1H3;2-6,8H,7H2,1H3,(H,14,15);2-6H,7H2,1H3;1-4H2;;3*1H/q;;;;;;;+3;;;/p-3. The van der Waals surface area contributed by atoms with Gasteiger partial charge in [-0.15, -0.1) is 0 Å². The average molecular weight is 2070 g/mol. The number of nitrogens with one attached hydrogen (secondary N) is 1. The Balaban J connectivity index is 0.000000127. The molecule has 29 heteroatoms. The van der Waals surface area contributed by atoms with Crippen molar-refractivity contribution in [1.82, 2.24) is 15.1 Å². The smallest absolute Gasteiger partial charge is 0.497 e. The minimum absolute atomic E-state index is 0.0119. The van der Waals surface area contributed by atoms with Gasteiger partial charge in [-0.3, -0.25) is 53.0 Å². The number of Topliss-reactive ketones (excluding diaryl/α,β-unsaturated/α-hetero) is 2. The molecule has 0 aromatic heterocycles. The zero-order valence-corrected chi connectivity index (χ0v) is 87.2. The first kappa shape index (κ1) is 106. The molecule has 10 aliphatic rings. The van der Waals surface area contributed by atoms with Gasteiger partial charge in [0.1, 0.15) is 28.8 Å². The Morgan fingerprint density at radius 1 is 0.466 bits per heavy atom. The van der Waals surface area contributed by atoms with Crippen LogP contribution in [0, 0.1) is 0 Å². The van der Waals surface area contributed by atoms with Crippen molar-refractivity contribution in [3.63, 3.8) is 0 Å². The number of carbonyl (C=O) groups is 9. The van der Waals surface area contributed by atoms with Gasteiger partial charge in [-0.05, 0) is 242 Å². The van der Waals surface area contributed by atoms with Crippen molar-refractivity contribution < 1.29 is 86.5 Å². The number of carboxylic acid groups (broad SMARTS) is 1. The van der Waals surface area contributed by atoms with E-state index in [9.17, 15) is 48.3 Å². The Labute approximate surface area is 872 Å². The number of benzene rings is 13. The zero-order chi connectivity index (χ0) is 103. The first-order valence-corrected chi connectivity index (χ1v) is 55.5. The number of ketones is 2. The molecular formula is C117H121AlCl4N6O18. The maximum Gasteiger partial charge on any atom is 0.643 e. The molecule has 0 spiro atoms. The molecule has 758 valence electrons. The van der Waals surface area contributed by atoms with Gasteiger partial charge in [0.05, 0.1) is 85.0 Å². The summed E-state index contributed by atoms with van der Waals surface area (Å²) in [4.78, 5) is 120. The van der Waals surface area contributed by atoms with Crippen molar-refractivity contribution in [2.24, 2.45) is 0 Å². The summed E-state index contributed by atoms with van der Waals surface area (Å²) in [7, 11) is 24.1. The Morgan fingerprint density at radius 3 is 1.41 bits per heavy atom. The van der Waals surface area contributed by atoms with Gasteiger partial charge in [-0.25, -0.2) is 30.1 Å². The summed E-state index contributed by atoms with van der Waals surface area (Å²) in [5, 5.41) is 34.8. The number of esters is 2. The third-order valence-electron chi connectivity index (χ3n) is 29.4. The van der Waals surface area contributed by atoms with E-state index in [0.29, 0.717) is 30.2 Å². The minimum Gasteiger partial charge on any atom is -0.497 e. The molecule has 146 heavy (non-hydrogen) atoms. The predicted molar refractivity (Wildman–Crippen MR) is 576 cm³/mol. The molecule has 0 bridgehead atoms. The van der Waals surface area contributed by atoms with E-state index in [1.807, 2.05) is 180 Å². The highest BCUT2D eigenvalue weighted by molar-refractivity contribution is 7.54. The number of rotatable bonds is 20. The van der Waals surface area contributed by atoms with Gasteiger partial charge in [0.2, 0.25) is 17.1 Å². The first-order valence-electron chi connectivity index (χ1n) is 49.8. The van der Waals surface area contributed by atoms with Crippen LogP contribution in [0.1, 0.15) is 174 Å². The van der Waals surface area contributed by atoms with Crippen molar-refractivity contribution in [2.75, 3.05) is 110 Å². The Bertz CT molecular complexity index is 6890. The summed E-state index contributed by atoms with van der Waals surface area (Å²) in [5.74, 6) is 0.589. The molecule has 7 aliphatic heterocycles. The number of methoxy groups -OCH3 is 6. The molecule has 3 aliphatic carbocycles. The molecule has 13 aromatic rings. The van der Waals surface area contributed by atoms with Gasteiger partial charge in [-0.1, -0.05) is 195 Å². The number of anilines is 3. The molecule has 5 atom stereocenters. The van der Waals surface area contributed by atoms with Crippen LogP contribution in [0.25, 0.3) is 53.9 Å². The predicted octanol–water partition coefficient (Wildman–Crippen LogP) is 21.2. The Morgan fingerprint density at radius 2 is 0.904 bits per heavy atom. The molecule has 13 aromatic carbocycles. The number of aliphatic hydroxyl groups is 1. The molecule has 4 saturated heterocycles. The maximum absolute atomic E-state index is 13.6. The van der Waals surface area contributed by atoms with E-state index in [-0.39, 0.29) is 103 Å². The third kappa shape index (κ3) is 23.6. The zero-order valence-electron chi connectivity index (χ0n) is 83.1. The van der Waals surface area contributed by atoms with Gasteiger partial charge in [0, 0.05) is 118 Å². The molecule has 24 nitrogen and oxygen atoms in total. The van der Waals surface area contributed by atoms with E-state index < -0.39 is 34.8 Å². The number of halogens is 4. The summed E-state index contributed by atoms with van der Waals surface area (Å²) in [5.41, 5.74) is 12.5. The highest BCUT2D eigenvalue weighted by Gasteiger charge is 2.54. The fraction of sp³-hybridized carbons (Fsp3) is 0.342. The first-order chi connectivity index (χ1) is 70.8. The number of fused-ring (bicyclic) bond motifs is 5. The summed E-state index contributed by atoms with van der Waals surface area (Å²) >= 11 is 3.69. The number of ether oxygens (including phenoxy) is 7. The number of likely N-dealkylation sites (tertiary alicyclic amines) is 2. The number of para-hydroxylation sites is 3. The number of carboxylic acids is 1. The maximum atomic E-state index is 13.6. The lowest BCUT2D eigenvalue weighted by Gasteiger charge is -2.40. The van der Waals surface area contributed by atoms with Gasteiger partial charge in [-0.2, -0.15) is 0 Å². The molecular weight excluding hydrogens is 1950 g/mol. The van der Waals surface area contributed by atoms with E-state index in [1.165, 1.54) is 70.9 Å². The van der Waals surface area contributed by atoms with Crippen molar-refractivity contribution in [3.8, 4) is 23.0 Å². The normalized spacial score (nSPS) is 18.9. The van der Waals surface area contributed by atoms with Crippen molar-refractivity contribution in [2.45, 2.75) is 164 Å². The lowest BCUT2D eigenvalue weighted by molar-refractivity contribution is -0.142. The number of nitrogens with zero attached hydrogens (tertiary/aromatic N) is 5. The van der Waals surface area contributed by atoms with Gasteiger partial charge in [0.25, 0.3) is 5.91 Å². The lowest BCUT2D eigenvalue weighted by Crippen LogP contribution is -2.50. The van der Waals surface area contributed by atoms with Crippen LogP contribution in [-0.4, -0.2) is 197 Å². The molecule has 0 radical (unpaired) electrons. The summed E-state index contributed by atoms with van der Waals surface area (Å²) in [6, 6.07) is 81.0. The average Bonchev–Trinajstić information content (AvgIpc) is 1.57. The summed E-state index contributed by atoms with van der Waals surface area (Å²) < 4.78 is 35.9. The number of hydrogen-bond acceptors (Lipinski definition) is 20. The fourth-order valence-electron chi connectivity index (χ4n) is 22.5. The van der Waals surface area contributed by atoms with E-state index in [0.717, 1.165) is 204 Å². The number of carbonyl (C=O) groups excluding carboxylic acids is 8. The molecule has 3 N–H and O–H groups in total. The lowest BCUT2D eigenvalue weighted by atomic mass is 9.89. The van der Waals surface area contributed by atoms with Crippen LogP contribution in [-0.2, 0) is 90.3 Å². The molecule has 4 fully saturated rings. The van der Waals surface area contributed by atoms with Gasteiger partial charge < -0.3 is 63.4 Å². The van der Waals surface area contributed by atoms with E-state index in [1.54, 1.807) is 46.3 Å². The van der Waals surface area contributed by atoms with Gasteiger partial charge in [0.15, 0.2) is 11.4 Å². The SMILES string of the molecule is C1CCOC1.CCC(=O)CC1(O)C(=O)N(C2CCN(C3Cc4cccc5ccc(OC)c3c45)CC2)c2ccccc21.COC(=O)CC1C(=O)N(C2CCN(C3Cc4cccc5cccc3c45)CC2)c2ccccc21.COC(=O)CC1C(=O)N(C2CCNCC2)c2ccccc21.COc1ccc2cccc(CC(=O)Cl)c2c1.COc1ccc2cccc(CC(=O)O)c2c1.COc1ccc2cccc3c2c1C(=O)C3.[Cl][Al]([Cl])[Cl]. The second-order valence-electron chi connectivity index (χ2n) is 37.8. The quantitative estimate of drug-likeness (QED) is 0.0363. The number of aliphatic carboxylic acids is 1. The fourth-order valence-corrected chi connectivity index (χ4v) is 22.6. The number of amides is 3. The Kier molecular flexibility index (Phi) is 35.7. The number of piperidine rings is 3. The number of hydrogen-bond donors (Lipinski definition) is 3. The van der Waals surface area contributed by atoms with Crippen molar-refractivity contribution >= 4 is 176 Å². The van der Waals surface area contributed by atoms with Crippen LogP contribution in [0.2, 0.25) is 0 Å². The van der Waals surface area contributed by atoms with Crippen LogP contribution in [0.5, 0.6) is 23.0 Å². The molecule has 0 saturated carbocycles. The highest BCUT2D eigenvalue weighted by atomic mass is 35.8. The third-order valence-corrected chi connectivity index (χ3v) is 29.6. The molecule has 3 amide bonds. The topological polar surface area (TPSA) is 287 Å². The summed E-state index contributed by atoms with van der Waals surface area (Å²) in [6.45, 7) is 9.25. The second kappa shape index (κ2) is 49.0. The van der Waals surface area contributed by atoms with Crippen LogP contribution in [0.15, 0.2) is 243 Å². The summed E-state index contributed by atoms with van der Waals surface area (Å²) in [6.07, 6.45) is 11.1. The van der Waals surface area contributed by atoms with E-state index in [2.05, 4.69) is 81.8 Å². The van der Waals surface area contributed by atoms with Crippen molar-refractivity contribution in [3.05, 3.63) is 304 Å². The van der Waals surface area contributed by atoms with Crippen LogP contribution in [0.3, 0.4) is 0 Å². The Hall–Kier alpha value is -12.3. The minimum atomic E-state index is -1.77. The van der Waals surface area contributed by atoms with Crippen LogP contribution in [0.4, 0.5) is 17.1 Å². The monoisotopic (exact) mass is 2060 g/mol. The highest BCUT2D eigenvalue weighted by Crippen LogP contribution is 2.51. The van der Waals surface area contributed by atoms with E-state index in [4.69, 9.17) is 80.0 Å². The van der Waals surface area contributed by atoms with Crippen LogP contribution >= 0.6 is 41.7 Å². The van der Waals surface area contributed by atoms with E-state index >= 15 is 0 Å². The molecule has 5 unspecified atom stereocenters. The largest absolute Gasteiger partial charge is 0.643 e. The second-order valence-corrected chi connectivity index (χ2v) is 44.6.